The van der Waals surface area contributed by atoms with Gasteiger partial charge in [-0.2, -0.15) is 5.26 Å². The maximum Gasteiger partial charge on any atom is 0.331 e. The van der Waals surface area contributed by atoms with E-state index in [0.29, 0.717) is 30.4 Å². The van der Waals surface area contributed by atoms with E-state index < -0.39 is 18.5 Å². The summed E-state index contributed by atoms with van der Waals surface area (Å²) < 4.78 is 16.3. The minimum Gasteiger partial charge on any atom is -0.490 e. The largest absolute Gasteiger partial charge is 0.490 e. The van der Waals surface area contributed by atoms with Crippen LogP contribution >= 0.6 is 0 Å². The van der Waals surface area contributed by atoms with Gasteiger partial charge in [-0.05, 0) is 42.8 Å². The van der Waals surface area contributed by atoms with Crippen LogP contribution in [0.2, 0.25) is 0 Å². The molecule has 0 aliphatic carbocycles. The van der Waals surface area contributed by atoms with Crippen molar-refractivity contribution in [2.75, 3.05) is 31.3 Å². The van der Waals surface area contributed by atoms with E-state index in [0.717, 1.165) is 17.5 Å². The summed E-state index contributed by atoms with van der Waals surface area (Å²) in [5, 5.41) is 8.87. The molecule has 1 heterocycles. The van der Waals surface area contributed by atoms with Gasteiger partial charge in [0.15, 0.2) is 18.1 Å². The number of esters is 1. The Labute approximate surface area is 181 Å². The fraction of sp³-hybridized carbons (Fsp3) is 0.292. The second kappa shape index (κ2) is 10.8. The number of hydrogen-bond donors (Lipinski definition) is 0. The second-order valence-corrected chi connectivity index (χ2v) is 6.99. The van der Waals surface area contributed by atoms with E-state index in [2.05, 4.69) is 0 Å². The number of anilines is 1. The Morgan fingerprint density at radius 2 is 1.87 bits per heavy atom. The molecule has 160 valence electrons. The van der Waals surface area contributed by atoms with Crippen molar-refractivity contribution in [2.45, 2.75) is 19.8 Å². The molecule has 0 bridgehead atoms. The molecule has 0 N–H and O–H groups in total. The summed E-state index contributed by atoms with van der Waals surface area (Å²) in [5.74, 6) is 0.284. The van der Waals surface area contributed by atoms with E-state index >= 15 is 0 Å². The summed E-state index contributed by atoms with van der Waals surface area (Å²) in [6, 6.07) is 14.8. The third kappa shape index (κ3) is 6.34. The molecule has 0 saturated heterocycles. The van der Waals surface area contributed by atoms with Gasteiger partial charge < -0.3 is 19.1 Å². The lowest BCUT2D eigenvalue weighted by molar-refractivity contribution is -0.142. The van der Waals surface area contributed by atoms with Crippen molar-refractivity contribution < 1.29 is 23.8 Å². The number of carbonyl (C=O) groups is 2. The van der Waals surface area contributed by atoms with E-state index in [9.17, 15) is 9.59 Å². The van der Waals surface area contributed by atoms with Crippen molar-refractivity contribution >= 4 is 23.6 Å². The predicted molar refractivity (Wildman–Crippen MR) is 116 cm³/mol. The number of aryl methyl sites for hydroxylation is 1. The van der Waals surface area contributed by atoms with Crippen LogP contribution in [0.1, 0.15) is 24.0 Å². The lowest BCUT2D eigenvalue weighted by Gasteiger charge is -2.21. The number of benzene rings is 2. The summed E-state index contributed by atoms with van der Waals surface area (Å²) in [5.41, 5.74) is 2.47. The molecule has 1 amide bonds. The SMILES string of the molecule is Cc1ccc(N(CCC#N)C(=O)COC(=O)/C=C/c2ccc3c(c2)OCCCO3)cc1. The summed E-state index contributed by atoms with van der Waals surface area (Å²) in [4.78, 5) is 26.1. The number of rotatable bonds is 7. The lowest BCUT2D eigenvalue weighted by atomic mass is 10.2. The molecule has 1 aliphatic heterocycles. The van der Waals surface area contributed by atoms with Crippen LogP contribution in [0, 0.1) is 18.3 Å². The molecule has 0 fully saturated rings. The van der Waals surface area contributed by atoms with E-state index in [1.807, 2.05) is 31.2 Å². The molecule has 0 spiro atoms. The normalized spacial score (nSPS) is 12.6. The Hall–Kier alpha value is -3.79. The average Bonchev–Trinajstić information content (AvgIpc) is 3.02. The van der Waals surface area contributed by atoms with Crippen LogP contribution in [0.25, 0.3) is 6.08 Å². The molecule has 0 radical (unpaired) electrons. The molecule has 0 unspecified atom stereocenters. The number of nitriles is 1. The molecule has 0 saturated carbocycles. The van der Waals surface area contributed by atoms with E-state index in [1.54, 1.807) is 30.3 Å². The van der Waals surface area contributed by atoms with Crippen molar-refractivity contribution in [1.82, 2.24) is 0 Å². The minimum atomic E-state index is -0.635. The van der Waals surface area contributed by atoms with Crippen LogP contribution in [0.15, 0.2) is 48.5 Å². The van der Waals surface area contributed by atoms with Gasteiger partial charge in [0, 0.05) is 24.7 Å². The van der Waals surface area contributed by atoms with Crippen LogP contribution in [0.5, 0.6) is 11.5 Å². The zero-order valence-electron chi connectivity index (χ0n) is 17.4. The number of nitrogens with zero attached hydrogens (tertiary/aromatic N) is 2. The average molecular weight is 420 g/mol. The third-order valence-corrected chi connectivity index (χ3v) is 4.62. The molecular formula is C24H24N2O5. The second-order valence-electron chi connectivity index (χ2n) is 6.99. The fourth-order valence-corrected chi connectivity index (χ4v) is 2.99. The Morgan fingerprint density at radius 1 is 1.13 bits per heavy atom. The zero-order chi connectivity index (χ0) is 22.1. The molecule has 7 heteroatoms. The molecule has 31 heavy (non-hydrogen) atoms. The quantitative estimate of drug-likeness (QED) is 0.502. The first kappa shape index (κ1) is 21.9. The molecule has 1 aliphatic rings. The molecule has 7 nitrogen and oxygen atoms in total. The van der Waals surface area contributed by atoms with Crippen molar-refractivity contribution in [1.29, 1.82) is 5.26 Å². The highest BCUT2D eigenvalue weighted by molar-refractivity contribution is 5.96. The molecule has 2 aromatic carbocycles. The van der Waals surface area contributed by atoms with Gasteiger partial charge >= 0.3 is 5.97 Å². The molecule has 2 aromatic rings. The number of hydrogen-bond acceptors (Lipinski definition) is 6. The first-order chi connectivity index (χ1) is 15.1. The monoisotopic (exact) mass is 420 g/mol. The number of ether oxygens (including phenoxy) is 3. The highest BCUT2D eigenvalue weighted by atomic mass is 16.5. The molecule has 0 aromatic heterocycles. The van der Waals surface area contributed by atoms with E-state index in [-0.39, 0.29) is 13.0 Å². The number of carbonyl (C=O) groups excluding carboxylic acids is 2. The Balaban J connectivity index is 1.58. The summed E-state index contributed by atoms with van der Waals surface area (Å²) in [7, 11) is 0. The standard InChI is InChI=1S/C24H24N2O5/c1-18-4-8-20(9-5-18)26(13-2-12-25)23(27)17-31-24(28)11-7-19-6-10-21-22(16-19)30-15-3-14-29-21/h4-11,16H,2-3,13-15,17H2,1H3/b11-7+. The van der Waals surface area contributed by atoms with Gasteiger partial charge in [-0.1, -0.05) is 23.8 Å². The van der Waals surface area contributed by atoms with Gasteiger partial charge in [-0.3, -0.25) is 4.79 Å². The van der Waals surface area contributed by atoms with E-state index in [1.165, 1.54) is 11.0 Å². The number of amides is 1. The topological polar surface area (TPSA) is 88.9 Å². The zero-order valence-corrected chi connectivity index (χ0v) is 17.4. The third-order valence-electron chi connectivity index (χ3n) is 4.62. The first-order valence-corrected chi connectivity index (χ1v) is 10.1. The first-order valence-electron chi connectivity index (χ1n) is 10.1. The summed E-state index contributed by atoms with van der Waals surface area (Å²) in [6.07, 6.45) is 3.85. The molecule has 0 atom stereocenters. The highest BCUT2D eigenvalue weighted by Crippen LogP contribution is 2.30. The van der Waals surface area contributed by atoms with Crippen molar-refractivity contribution in [3.05, 3.63) is 59.7 Å². The highest BCUT2D eigenvalue weighted by Gasteiger charge is 2.17. The van der Waals surface area contributed by atoms with Crippen LogP contribution in [0.3, 0.4) is 0 Å². The number of fused-ring (bicyclic) bond motifs is 1. The molecule has 3 rings (SSSR count). The summed E-state index contributed by atoms with van der Waals surface area (Å²) in [6.45, 7) is 2.94. The van der Waals surface area contributed by atoms with Gasteiger partial charge in [-0.25, -0.2) is 4.79 Å². The van der Waals surface area contributed by atoms with Crippen LogP contribution < -0.4 is 14.4 Å². The van der Waals surface area contributed by atoms with Crippen LogP contribution in [-0.4, -0.2) is 38.2 Å². The smallest absolute Gasteiger partial charge is 0.331 e. The maximum absolute atomic E-state index is 12.6. The van der Waals surface area contributed by atoms with Gasteiger partial charge in [-0.15, -0.1) is 0 Å². The Kier molecular flexibility index (Phi) is 7.66. The van der Waals surface area contributed by atoms with Crippen LogP contribution in [0.4, 0.5) is 5.69 Å². The fourth-order valence-electron chi connectivity index (χ4n) is 2.99. The van der Waals surface area contributed by atoms with Crippen molar-refractivity contribution in [3.63, 3.8) is 0 Å². The lowest BCUT2D eigenvalue weighted by Crippen LogP contribution is -2.35. The van der Waals surface area contributed by atoms with Gasteiger partial charge in [0.1, 0.15) is 0 Å². The van der Waals surface area contributed by atoms with Crippen molar-refractivity contribution in [3.8, 4) is 17.6 Å². The Morgan fingerprint density at radius 3 is 2.61 bits per heavy atom. The predicted octanol–water partition coefficient (Wildman–Crippen LogP) is 3.66. The maximum atomic E-state index is 12.6. The van der Waals surface area contributed by atoms with Gasteiger partial charge in [0.05, 0.1) is 25.7 Å². The van der Waals surface area contributed by atoms with Crippen molar-refractivity contribution in [2.24, 2.45) is 0 Å². The molecular weight excluding hydrogens is 396 g/mol. The Bertz CT molecular complexity index is 992. The minimum absolute atomic E-state index is 0.178. The summed E-state index contributed by atoms with van der Waals surface area (Å²) >= 11 is 0. The van der Waals surface area contributed by atoms with Crippen LogP contribution in [-0.2, 0) is 14.3 Å². The van der Waals surface area contributed by atoms with E-state index in [4.69, 9.17) is 19.5 Å². The van der Waals surface area contributed by atoms with Gasteiger partial charge in [0.25, 0.3) is 5.91 Å². The van der Waals surface area contributed by atoms with Gasteiger partial charge in [0.2, 0.25) is 0 Å².